The van der Waals surface area contributed by atoms with Gasteiger partial charge in [0.25, 0.3) is 5.91 Å². The third-order valence-electron chi connectivity index (χ3n) is 3.23. The second-order valence-electron chi connectivity index (χ2n) is 4.88. The van der Waals surface area contributed by atoms with Crippen molar-refractivity contribution in [2.75, 3.05) is 20.2 Å². The average Bonchev–Trinajstić information content (AvgIpc) is 2.80. The van der Waals surface area contributed by atoms with Gasteiger partial charge in [-0.25, -0.2) is 4.39 Å². The van der Waals surface area contributed by atoms with Crippen LogP contribution in [0.25, 0.3) is 0 Å². The summed E-state index contributed by atoms with van der Waals surface area (Å²) in [7, 11) is 1.75. The second-order valence-corrected chi connectivity index (χ2v) is 6.14. The van der Waals surface area contributed by atoms with Gasteiger partial charge in [-0.1, -0.05) is 0 Å². The lowest BCUT2D eigenvalue weighted by molar-refractivity contribution is 0.0778. The van der Waals surface area contributed by atoms with Crippen LogP contribution in [-0.2, 0) is 0 Å². The Labute approximate surface area is 128 Å². The normalized spacial score (nSPS) is 10.5. The van der Waals surface area contributed by atoms with Gasteiger partial charge in [0.05, 0.1) is 11.4 Å². The topological polar surface area (TPSA) is 29.5 Å². The summed E-state index contributed by atoms with van der Waals surface area (Å²) in [6.07, 6.45) is 0. The molecule has 5 heteroatoms. The summed E-state index contributed by atoms with van der Waals surface area (Å²) in [5.41, 5.74) is 1.14. The van der Waals surface area contributed by atoms with Gasteiger partial charge in [-0.05, 0) is 49.7 Å². The van der Waals surface area contributed by atoms with Crippen molar-refractivity contribution in [3.63, 3.8) is 0 Å². The summed E-state index contributed by atoms with van der Waals surface area (Å²) >= 11 is 1.51. The predicted octanol–water partition coefficient (Wildman–Crippen LogP) is 3.66. The molecule has 0 atom stereocenters. The zero-order chi connectivity index (χ0) is 15.4. The molecule has 1 aromatic carbocycles. The largest absolute Gasteiger partial charge is 0.492 e. The van der Waals surface area contributed by atoms with Crippen LogP contribution in [0.3, 0.4) is 0 Å². The number of halogens is 1. The molecule has 0 radical (unpaired) electrons. The number of hydrogen-bond donors (Lipinski definition) is 0. The van der Waals surface area contributed by atoms with Crippen molar-refractivity contribution >= 4 is 17.2 Å². The lowest BCUT2D eigenvalue weighted by atomic mass is 10.3. The highest BCUT2D eigenvalue weighted by Crippen LogP contribution is 2.21. The van der Waals surface area contributed by atoms with E-state index < -0.39 is 0 Å². The predicted molar refractivity (Wildman–Crippen MR) is 82.6 cm³/mol. The van der Waals surface area contributed by atoms with Gasteiger partial charge in [-0.15, -0.1) is 11.3 Å². The SMILES string of the molecule is Cc1cc(C(=O)N(C)CCOc2ccc(F)cc2)sc1C. The molecule has 21 heavy (non-hydrogen) atoms. The Morgan fingerprint density at radius 3 is 2.52 bits per heavy atom. The molecule has 0 fully saturated rings. The van der Waals surface area contributed by atoms with E-state index in [0.717, 1.165) is 15.3 Å². The molecule has 0 saturated carbocycles. The first kappa shape index (κ1) is 15.5. The molecule has 0 aliphatic heterocycles. The highest BCUT2D eigenvalue weighted by atomic mass is 32.1. The maximum Gasteiger partial charge on any atom is 0.263 e. The van der Waals surface area contributed by atoms with Gasteiger partial charge >= 0.3 is 0 Å². The number of hydrogen-bond acceptors (Lipinski definition) is 3. The molecule has 0 bridgehead atoms. The molecule has 1 heterocycles. The summed E-state index contributed by atoms with van der Waals surface area (Å²) in [5, 5.41) is 0. The van der Waals surface area contributed by atoms with Gasteiger partial charge in [0.15, 0.2) is 0 Å². The number of aryl methyl sites for hydroxylation is 2. The van der Waals surface area contributed by atoms with Crippen molar-refractivity contribution in [1.29, 1.82) is 0 Å². The van der Waals surface area contributed by atoms with E-state index in [2.05, 4.69) is 0 Å². The maximum absolute atomic E-state index is 12.8. The van der Waals surface area contributed by atoms with Crippen molar-refractivity contribution in [2.24, 2.45) is 0 Å². The third kappa shape index (κ3) is 4.04. The first-order valence-corrected chi connectivity index (χ1v) is 7.50. The fourth-order valence-electron chi connectivity index (χ4n) is 1.80. The number of carbonyl (C=O) groups is 1. The highest BCUT2D eigenvalue weighted by molar-refractivity contribution is 7.14. The lowest BCUT2D eigenvalue weighted by Gasteiger charge is -2.16. The molecular weight excluding hydrogens is 289 g/mol. The molecule has 0 aliphatic carbocycles. The van der Waals surface area contributed by atoms with Crippen LogP contribution in [0.15, 0.2) is 30.3 Å². The van der Waals surface area contributed by atoms with Crippen LogP contribution in [0.2, 0.25) is 0 Å². The molecule has 0 aliphatic rings. The van der Waals surface area contributed by atoms with Crippen LogP contribution in [0, 0.1) is 19.7 Å². The summed E-state index contributed by atoms with van der Waals surface area (Å²) in [4.78, 5) is 15.8. The number of benzene rings is 1. The van der Waals surface area contributed by atoms with Crippen LogP contribution in [0.4, 0.5) is 4.39 Å². The second kappa shape index (κ2) is 6.72. The molecule has 0 saturated heterocycles. The minimum absolute atomic E-state index is 0.00101. The van der Waals surface area contributed by atoms with Crippen LogP contribution in [-0.4, -0.2) is 31.0 Å². The number of amides is 1. The number of rotatable bonds is 5. The summed E-state index contributed by atoms with van der Waals surface area (Å²) < 4.78 is 18.2. The molecule has 0 spiro atoms. The van der Waals surface area contributed by atoms with E-state index in [1.807, 2.05) is 19.9 Å². The lowest BCUT2D eigenvalue weighted by Crippen LogP contribution is -2.30. The van der Waals surface area contributed by atoms with E-state index in [4.69, 9.17) is 4.74 Å². The third-order valence-corrected chi connectivity index (χ3v) is 4.37. The van der Waals surface area contributed by atoms with Gasteiger partial charge in [-0.2, -0.15) is 0 Å². The van der Waals surface area contributed by atoms with E-state index in [0.29, 0.717) is 18.9 Å². The van der Waals surface area contributed by atoms with E-state index >= 15 is 0 Å². The zero-order valence-electron chi connectivity index (χ0n) is 12.4. The summed E-state index contributed by atoms with van der Waals surface area (Å²) in [6, 6.07) is 7.76. The molecule has 2 aromatic rings. The fraction of sp³-hybridized carbons (Fsp3) is 0.312. The minimum Gasteiger partial charge on any atom is -0.492 e. The molecular formula is C16H18FNO2S. The van der Waals surface area contributed by atoms with Crippen molar-refractivity contribution in [2.45, 2.75) is 13.8 Å². The molecule has 0 N–H and O–H groups in total. The van der Waals surface area contributed by atoms with E-state index in [1.54, 1.807) is 24.1 Å². The Balaban J connectivity index is 1.85. The van der Waals surface area contributed by atoms with Crippen LogP contribution < -0.4 is 4.74 Å². The monoisotopic (exact) mass is 307 g/mol. The van der Waals surface area contributed by atoms with Gasteiger partial charge < -0.3 is 9.64 Å². The van der Waals surface area contributed by atoms with Crippen LogP contribution in [0.1, 0.15) is 20.1 Å². The van der Waals surface area contributed by atoms with Crippen LogP contribution in [0.5, 0.6) is 5.75 Å². The smallest absolute Gasteiger partial charge is 0.263 e. The van der Waals surface area contributed by atoms with Gasteiger partial charge in [-0.3, -0.25) is 4.79 Å². The molecule has 0 unspecified atom stereocenters. The van der Waals surface area contributed by atoms with Crippen LogP contribution >= 0.6 is 11.3 Å². The quantitative estimate of drug-likeness (QED) is 0.844. The van der Waals surface area contributed by atoms with Gasteiger partial charge in [0.1, 0.15) is 18.2 Å². The summed E-state index contributed by atoms with van der Waals surface area (Å²) in [6.45, 7) is 4.86. The number of likely N-dealkylation sites (N-methyl/N-ethyl adjacent to an activating group) is 1. The van der Waals surface area contributed by atoms with Gasteiger partial charge in [0.2, 0.25) is 0 Å². The van der Waals surface area contributed by atoms with E-state index in [9.17, 15) is 9.18 Å². The number of ether oxygens (including phenoxy) is 1. The molecule has 1 aromatic heterocycles. The van der Waals surface area contributed by atoms with Crippen molar-refractivity contribution in [3.05, 3.63) is 51.5 Å². The molecule has 112 valence electrons. The Morgan fingerprint density at radius 2 is 1.95 bits per heavy atom. The molecule has 2 rings (SSSR count). The van der Waals surface area contributed by atoms with Gasteiger partial charge in [0, 0.05) is 11.9 Å². The van der Waals surface area contributed by atoms with E-state index in [-0.39, 0.29) is 11.7 Å². The molecule has 3 nitrogen and oxygen atoms in total. The number of carbonyl (C=O) groups excluding carboxylic acids is 1. The highest BCUT2D eigenvalue weighted by Gasteiger charge is 2.14. The minimum atomic E-state index is -0.293. The average molecular weight is 307 g/mol. The molecule has 1 amide bonds. The van der Waals surface area contributed by atoms with Crippen molar-refractivity contribution in [3.8, 4) is 5.75 Å². The van der Waals surface area contributed by atoms with E-state index in [1.165, 1.54) is 23.5 Å². The first-order valence-electron chi connectivity index (χ1n) is 6.68. The Kier molecular flexibility index (Phi) is 4.96. The summed E-state index contributed by atoms with van der Waals surface area (Å²) in [5.74, 6) is 0.303. The van der Waals surface area contributed by atoms with Crippen molar-refractivity contribution in [1.82, 2.24) is 4.90 Å². The number of nitrogens with zero attached hydrogens (tertiary/aromatic N) is 1. The standard InChI is InChI=1S/C16H18FNO2S/c1-11-10-15(21-12(11)2)16(19)18(3)8-9-20-14-6-4-13(17)5-7-14/h4-7,10H,8-9H2,1-3H3. The number of thiophene rings is 1. The Bertz CT molecular complexity index is 602. The van der Waals surface area contributed by atoms with Crippen molar-refractivity contribution < 1.29 is 13.9 Å². The fourth-order valence-corrected chi connectivity index (χ4v) is 2.83. The zero-order valence-corrected chi connectivity index (χ0v) is 13.2. The first-order chi connectivity index (χ1) is 9.97. The maximum atomic E-state index is 12.8. The Hall–Kier alpha value is -1.88. The Morgan fingerprint density at radius 1 is 1.29 bits per heavy atom.